The van der Waals surface area contributed by atoms with Gasteiger partial charge in [-0.25, -0.2) is 0 Å². The van der Waals surface area contributed by atoms with E-state index in [1.165, 1.54) is 0 Å². The summed E-state index contributed by atoms with van der Waals surface area (Å²) in [6.07, 6.45) is 0. The molecule has 0 amide bonds. The van der Waals surface area contributed by atoms with Crippen LogP contribution in [0.5, 0.6) is 6.01 Å². The van der Waals surface area contributed by atoms with Crippen LogP contribution < -0.4 is 10.5 Å². The molecule has 6 heteroatoms. The predicted molar refractivity (Wildman–Crippen MR) is 40.5 cm³/mol. The number of nitrogens with two attached hydrogens (primary N) is 1. The molecule has 0 aromatic carbocycles. The van der Waals surface area contributed by atoms with Crippen molar-refractivity contribution in [2.24, 2.45) is 0 Å². The molecule has 0 bridgehead atoms. The molecule has 0 atom stereocenters. The van der Waals surface area contributed by atoms with Crippen molar-refractivity contribution >= 4 is 28.3 Å². The van der Waals surface area contributed by atoms with E-state index in [1.54, 1.807) is 0 Å². The third-order valence-corrected chi connectivity index (χ3v) is 1.41. The Labute approximate surface area is 67.1 Å². The molecule has 10 heavy (non-hydrogen) atoms. The highest BCUT2D eigenvalue weighted by Gasteiger charge is 1.99. The molecule has 1 rings (SSSR count). The van der Waals surface area contributed by atoms with Crippen LogP contribution in [0.15, 0.2) is 0 Å². The average Bonchev–Trinajstić information content (AvgIpc) is 2.31. The highest BCUT2D eigenvalue weighted by Crippen LogP contribution is 2.11. The summed E-state index contributed by atoms with van der Waals surface area (Å²) in [6, 6.07) is 0.308. The fourth-order valence-corrected chi connectivity index (χ4v) is 0.871. The van der Waals surface area contributed by atoms with Gasteiger partial charge in [-0.3, -0.25) is 0 Å². The molecule has 56 valence electrons. The predicted octanol–water partition coefficient (Wildman–Crippen LogP) is 0.738. The van der Waals surface area contributed by atoms with Gasteiger partial charge in [0.15, 0.2) is 0 Å². The zero-order chi connectivity index (χ0) is 7.40. The van der Waals surface area contributed by atoms with E-state index in [9.17, 15) is 0 Å². The zero-order valence-corrected chi connectivity index (χ0v) is 6.65. The summed E-state index contributed by atoms with van der Waals surface area (Å²) in [4.78, 5) is 3.75. The molecular weight excluding hydrogens is 174 g/mol. The molecular formula is C4H6ClN3OS. The van der Waals surface area contributed by atoms with Crippen molar-refractivity contribution in [3.8, 4) is 6.01 Å². The third kappa shape index (κ3) is 2.00. The van der Waals surface area contributed by atoms with Gasteiger partial charge >= 0.3 is 6.01 Å². The van der Waals surface area contributed by atoms with Crippen molar-refractivity contribution in [2.45, 2.75) is 0 Å². The van der Waals surface area contributed by atoms with Crippen LogP contribution >= 0.6 is 23.1 Å². The Balaban J connectivity index is 2.42. The van der Waals surface area contributed by atoms with Crippen molar-refractivity contribution in [1.29, 1.82) is 0 Å². The highest BCUT2D eigenvalue weighted by atomic mass is 35.5. The van der Waals surface area contributed by atoms with E-state index >= 15 is 0 Å². The number of hydrogen-bond acceptors (Lipinski definition) is 5. The Morgan fingerprint density at radius 1 is 1.70 bits per heavy atom. The lowest BCUT2D eigenvalue weighted by Crippen LogP contribution is -1.99. The van der Waals surface area contributed by atoms with E-state index in [0.29, 0.717) is 23.6 Å². The number of nitrogens with zero attached hydrogens (tertiary/aromatic N) is 2. The van der Waals surface area contributed by atoms with Crippen LogP contribution in [0.2, 0.25) is 0 Å². The minimum Gasteiger partial charge on any atom is -0.462 e. The first kappa shape index (κ1) is 7.56. The number of halogens is 1. The lowest BCUT2D eigenvalue weighted by atomic mass is 10.8. The summed E-state index contributed by atoms with van der Waals surface area (Å²) >= 11 is 6.45. The van der Waals surface area contributed by atoms with Crippen molar-refractivity contribution < 1.29 is 4.74 Å². The van der Waals surface area contributed by atoms with E-state index in [1.807, 2.05) is 0 Å². The lowest BCUT2D eigenvalue weighted by molar-refractivity contribution is 0.320. The summed E-state index contributed by atoms with van der Waals surface area (Å²) in [5.41, 5.74) is 5.28. The van der Waals surface area contributed by atoms with Gasteiger partial charge in [0.2, 0.25) is 5.13 Å². The second kappa shape index (κ2) is 3.58. The van der Waals surface area contributed by atoms with Crippen LogP contribution in [-0.4, -0.2) is 21.8 Å². The normalized spacial score (nSPS) is 9.70. The van der Waals surface area contributed by atoms with E-state index in [4.69, 9.17) is 22.1 Å². The first-order chi connectivity index (χ1) is 4.83. The number of rotatable bonds is 3. The van der Waals surface area contributed by atoms with Gasteiger partial charge in [0.05, 0.1) is 5.88 Å². The fraction of sp³-hybridized carbons (Fsp3) is 0.500. The number of hydrogen-bond donors (Lipinski definition) is 1. The highest BCUT2D eigenvalue weighted by molar-refractivity contribution is 7.09. The molecule has 2 N–H and O–H groups in total. The number of alkyl halides is 1. The van der Waals surface area contributed by atoms with Crippen molar-refractivity contribution in [3.05, 3.63) is 0 Å². The fourth-order valence-electron chi connectivity index (χ4n) is 0.409. The van der Waals surface area contributed by atoms with Crippen LogP contribution in [0.3, 0.4) is 0 Å². The number of ether oxygens (including phenoxy) is 1. The Bertz CT molecular complexity index is 204. The smallest absolute Gasteiger partial charge is 0.330 e. The molecule has 0 fully saturated rings. The van der Waals surface area contributed by atoms with Gasteiger partial charge in [0.1, 0.15) is 6.61 Å². The zero-order valence-electron chi connectivity index (χ0n) is 5.08. The maximum Gasteiger partial charge on any atom is 0.330 e. The maximum atomic E-state index is 5.35. The minimum absolute atomic E-state index is 0.308. The van der Waals surface area contributed by atoms with Crippen molar-refractivity contribution in [2.75, 3.05) is 18.2 Å². The largest absolute Gasteiger partial charge is 0.462 e. The Kier molecular flexibility index (Phi) is 2.70. The Morgan fingerprint density at radius 3 is 3.00 bits per heavy atom. The van der Waals surface area contributed by atoms with Gasteiger partial charge in [0, 0.05) is 11.5 Å². The lowest BCUT2D eigenvalue weighted by Gasteiger charge is -1.93. The number of anilines is 1. The quantitative estimate of drug-likeness (QED) is 0.696. The number of nitrogen functional groups attached to an aromatic ring is 1. The average molecular weight is 180 g/mol. The second-order valence-electron chi connectivity index (χ2n) is 1.45. The standard InChI is InChI=1S/C4H6ClN3OS/c5-1-2-9-4-7-3(6)10-8-4/h1-2H2,(H2,6,7,8). The summed E-state index contributed by atoms with van der Waals surface area (Å²) in [6.45, 7) is 0.414. The summed E-state index contributed by atoms with van der Waals surface area (Å²) in [5.74, 6) is 0.430. The van der Waals surface area contributed by atoms with E-state index < -0.39 is 0 Å². The minimum atomic E-state index is 0.308. The Hall–Kier alpha value is -0.550. The molecule has 0 radical (unpaired) electrons. The van der Waals surface area contributed by atoms with Crippen LogP contribution in [-0.2, 0) is 0 Å². The summed E-state index contributed by atoms with van der Waals surface area (Å²) < 4.78 is 8.73. The summed E-state index contributed by atoms with van der Waals surface area (Å²) in [7, 11) is 0. The molecule has 0 saturated carbocycles. The molecule has 0 unspecified atom stereocenters. The molecule has 0 saturated heterocycles. The van der Waals surface area contributed by atoms with Crippen molar-refractivity contribution in [1.82, 2.24) is 9.36 Å². The Morgan fingerprint density at radius 2 is 2.50 bits per heavy atom. The van der Waals surface area contributed by atoms with E-state index in [2.05, 4.69) is 9.36 Å². The van der Waals surface area contributed by atoms with Gasteiger partial charge in [-0.15, -0.1) is 16.0 Å². The molecule has 4 nitrogen and oxygen atoms in total. The molecule has 0 aliphatic rings. The first-order valence-corrected chi connectivity index (χ1v) is 3.91. The van der Waals surface area contributed by atoms with Crippen LogP contribution in [0.25, 0.3) is 0 Å². The molecule has 0 spiro atoms. The molecule has 1 heterocycles. The van der Waals surface area contributed by atoms with Gasteiger partial charge < -0.3 is 10.5 Å². The van der Waals surface area contributed by atoms with Gasteiger partial charge in [-0.2, -0.15) is 4.98 Å². The first-order valence-electron chi connectivity index (χ1n) is 2.61. The van der Waals surface area contributed by atoms with Crippen molar-refractivity contribution in [3.63, 3.8) is 0 Å². The molecule has 1 aromatic heterocycles. The third-order valence-electron chi connectivity index (χ3n) is 0.731. The SMILES string of the molecule is Nc1nc(OCCCl)ns1. The van der Waals surface area contributed by atoms with Gasteiger partial charge in [-0.05, 0) is 0 Å². The van der Waals surface area contributed by atoms with E-state index in [0.717, 1.165) is 11.5 Å². The van der Waals surface area contributed by atoms with Gasteiger partial charge in [0.25, 0.3) is 0 Å². The van der Waals surface area contributed by atoms with Crippen LogP contribution in [0, 0.1) is 0 Å². The second-order valence-corrected chi connectivity index (χ2v) is 2.61. The molecule has 0 aliphatic carbocycles. The molecule has 1 aromatic rings. The summed E-state index contributed by atoms with van der Waals surface area (Å²) in [5, 5.41) is 0.407. The topological polar surface area (TPSA) is 61.0 Å². The molecule has 0 aliphatic heterocycles. The monoisotopic (exact) mass is 179 g/mol. The van der Waals surface area contributed by atoms with Crippen LogP contribution in [0.4, 0.5) is 5.13 Å². The van der Waals surface area contributed by atoms with Gasteiger partial charge in [-0.1, -0.05) is 0 Å². The number of aromatic nitrogens is 2. The van der Waals surface area contributed by atoms with E-state index in [-0.39, 0.29) is 0 Å². The van der Waals surface area contributed by atoms with Crippen LogP contribution in [0.1, 0.15) is 0 Å². The maximum absolute atomic E-state index is 5.35.